The fourth-order valence-electron chi connectivity index (χ4n) is 4.73. The Hall–Kier alpha value is -3.93. The molecule has 1 aromatic heterocycles. The van der Waals surface area contributed by atoms with Crippen LogP contribution in [0.1, 0.15) is 29.5 Å². The van der Waals surface area contributed by atoms with E-state index in [1.54, 1.807) is 4.57 Å². The number of carbonyl (C=O) groups excluding carboxylic acids is 1. The Bertz CT molecular complexity index is 1380. The smallest absolute Gasteiger partial charge is 0.294 e. The van der Waals surface area contributed by atoms with Crippen LogP contribution in [0.15, 0.2) is 83.7 Å². The van der Waals surface area contributed by atoms with Crippen LogP contribution in [0.2, 0.25) is 0 Å². The molecule has 0 unspecified atom stereocenters. The first-order valence-corrected chi connectivity index (χ1v) is 12.2. The van der Waals surface area contributed by atoms with Crippen molar-refractivity contribution in [2.24, 2.45) is 5.92 Å². The van der Waals surface area contributed by atoms with E-state index >= 15 is 0 Å². The molecule has 3 aromatic carbocycles. The highest BCUT2D eigenvalue weighted by atomic mass is 16.2. The number of rotatable bonds is 6. The molecule has 5 rings (SSSR count). The number of carbonyl (C=O) groups is 1. The van der Waals surface area contributed by atoms with Crippen LogP contribution in [0.25, 0.3) is 11.0 Å². The van der Waals surface area contributed by atoms with E-state index in [0.717, 1.165) is 35.0 Å². The van der Waals surface area contributed by atoms with Crippen LogP contribution in [-0.2, 0) is 17.9 Å². The number of nitrogens with one attached hydrogen (secondary N) is 1. The van der Waals surface area contributed by atoms with Crippen LogP contribution in [0.4, 0.5) is 5.82 Å². The standard InChI is InChI=1S/C29H30N4O2/c1-21-13-15-23(16-14-21)19-33-26-12-6-5-11-25(26)31-27(29(33)35)32-17-7-10-24(20-32)28(34)30-18-22-8-3-2-4-9-22/h2-6,8-9,11-16,24H,7,10,17-20H2,1H3,(H,30,34)/t24-/m0/s1. The summed E-state index contributed by atoms with van der Waals surface area (Å²) in [6.45, 7) is 4.25. The first-order chi connectivity index (χ1) is 17.1. The maximum Gasteiger partial charge on any atom is 0.294 e. The van der Waals surface area contributed by atoms with Crippen LogP contribution in [0, 0.1) is 12.8 Å². The number of amides is 1. The number of anilines is 1. The molecule has 2 heterocycles. The minimum absolute atomic E-state index is 0.0272. The Morgan fingerprint density at radius 2 is 1.71 bits per heavy atom. The topological polar surface area (TPSA) is 67.2 Å². The number of benzene rings is 3. The molecule has 0 radical (unpaired) electrons. The molecule has 178 valence electrons. The summed E-state index contributed by atoms with van der Waals surface area (Å²) in [5, 5.41) is 3.06. The van der Waals surface area contributed by atoms with Crippen LogP contribution >= 0.6 is 0 Å². The number of para-hydroxylation sites is 2. The molecule has 0 aliphatic carbocycles. The lowest BCUT2D eigenvalue weighted by molar-refractivity contribution is -0.125. The predicted molar refractivity (Wildman–Crippen MR) is 140 cm³/mol. The fourth-order valence-corrected chi connectivity index (χ4v) is 4.73. The van der Waals surface area contributed by atoms with Crippen molar-refractivity contribution in [1.29, 1.82) is 0 Å². The molecular weight excluding hydrogens is 436 g/mol. The van der Waals surface area contributed by atoms with Gasteiger partial charge in [0.2, 0.25) is 5.91 Å². The van der Waals surface area contributed by atoms with E-state index in [1.807, 2.05) is 59.5 Å². The lowest BCUT2D eigenvalue weighted by Crippen LogP contribution is -2.45. The normalized spacial score (nSPS) is 15.8. The Kier molecular flexibility index (Phi) is 6.62. The summed E-state index contributed by atoms with van der Waals surface area (Å²) in [4.78, 5) is 33.4. The number of aryl methyl sites for hydroxylation is 1. The molecule has 35 heavy (non-hydrogen) atoms. The Balaban J connectivity index is 1.40. The van der Waals surface area contributed by atoms with Gasteiger partial charge < -0.3 is 10.2 Å². The summed E-state index contributed by atoms with van der Waals surface area (Å²) in [5.74, 6) is 0.279. The number of hydrogen-bond acceptors (Lipinski definition) is 4. The fraction of sp³-hybridized carbons (Fsp3) is 0.276. The van der Waals surface area contributed by atoms with Gasteiger partial charge in [-0.2, -0.15) is 0 Å². The van der Waals surface area contributed by atoms with Crippen LogP contribution in [-0.4, -0.2) is 28.5 Å². The van der Waals surface area contributed by atoms with Crippen molar-refractivity contribution >= 4 is 22.8 Å². The minimum atomic E-state index is -0.175. The molecule has 1 atom stereocenters. The summed E-state index contributed by atoms with van der Waals surface area (Å²) in [5.41, 5.74) is 4.81. The molecule has 1 fully saturated rings. The Morgan fingerprint density at radius 1 is 0.971 bits per heavy atom. The van der Waals surface area contributed by atoms with Gasteiger partial charge >= 0.3 is 0 Å². The highest BCUT2D eigenvalue weighted by Crippen LogP contribution is 2.22. The summed E-state index contributed by atoms with van der Waals surface area (Å²) in [6, 6.07) is 25.9. The number of aromatic nitrogens is 2. The summed E-state index contributed by atoms with van der Waals surface area (Å²) in [6.07, 6.45) is 1.65. The summed E-state index contributed by atoms with van der Waals surface area (Å²) >= 11 is 0. The average Bonchev–Trinajstić information content (AvgIpc) is 2.90. The molecule has 1 aliphatic rings. The molecule has 4 aromatic rings. The Labute approximate surface area is 205 Å². The second-order valence-corrected chi connectivity index (χ2v) is 9.29. The van der Waals surface area contributed by atoms with E-state index in [-0.39, 0.29) is 17.4 Å². The molecule has 0 spiro atoms. The van der Waals surface area contributed by atoms with Gasteiger partial charge in [-0.3, -0.25) is 14.2 Å². The number of piperidine rings is 1. The van der Waals surface area contributed by atoms with Gasteiger partial charge in [0.15, 0.2) is 5.82 Å². The zero-order chi connectivity index (χ0) is 24.2. The predicted octanol–water partition coefficient (Wildman–Crippen LogP) is 4.29. The largest absolute Gasteiger partial charge is 0.352 e. The molecule has 1 aliphatic heterocycles. The van der Waals surface area contributed by atoms with Crippen molar-refractivity contribution in [3.8, 4) is 0 Å². The van der Waals surface area contributed by atoms with Gasteiger partial charge in [-0.25, -0.2) is 4.98 Å². The molecule has 6 nitrogen and oxygen atoms in total. The zero-order valence-corrected chi connectivity index (χ0v) is 20.0. The molecule has 6 heteroatoms. The molecule has 0 saturated carbocycles. The van der Waals surface area contributed by atoms with Crippen molar-refractivity contribution in [2.75, 3.05) is 18.0 Å². The number of fused-ring (bicyclic) bond motifs is 1. The zero-order valence-electron chi connectivity index (χ0n) is 20.0. The second kappa shape index (κ2) is 10.1. The van der Waals surface area contributed by atoms with E-state index in [0.29, 0.717) is 32.0 Å². The summed E-state index contributed by atoms with van der Waals surface area (Å²) < 4.78 is 1.81. The van der Waals surface area contributed by atoms with Gasteiger partial charge in [0.05, 0.1) is 23.5 Å². The third-order valence-electron chi connectivity index (χ3n) is 6.70. The maximum atomic E-state index is 13.7. The molecule has 1 N–H and O–H groups in total. The number of nitrogens with zero attached hydrogens (tertiary/aromatic N) is 3. The van der Waals surface area contributed by atoms with Crippen LogP contribution in [0.3, 0.4) is 0 Å². The van der Waals surface area contributed by atoms with Gasteiger partial charge in [-0.1, -0.05) is 72.3 Å². The SMILES string of the molecule is Cc1ccc(Cn2c(=O)c(N3CCC[C@H](C(=O)NCc4ccccc4)C3)nc3ccccc32)cc1. The van der Waals surface area contributed by atoms with Crippen molar-refractivity contribution in [3.05, 3.63) is 106 Å². The molecule has 1 amide bonds. The van der Waals surface area contributed by atoms with Gasteiger partial charge in [-0.15, -0.1) is 0 Å². The monoisotopic (exact) mass is 466 g/mol. The van der Waals surface area contributed by atoms with Gasteiger partial charge in [-0.05, 0) is 43.0 Å². The average molecular weight is 467 g/mol. The Morgan fingerprint density at radius 3 is 2.51 bits per heavy atom. The van der Waals surface area contributed by atoms with E-state index in [9.17, 15) is 9.59 Å². The molecule has 0 bridgehead atoms. The van der Waals surface area contributed by atoms with Gasteiger partial charge in [0.1, 0.15) is 0 Å². The van der Waals surface area contributed by atoms with E-state index in [1.165, 1.54) is 5.56 Å². The minimum Gasteiger partial charge on any atom is -0.352 e. The van der Waals surface area contributed by atoms with Gasteiger partial charge in [0, 0.05) is 19.6 Å². The van der Waals surface area contributed by atoms with Crippen molar-refractivity contribution in [2.45, 2.75) is 32.9 Å². The quantitative estimate of drug-likeness (QED) is 0.461. The third-order valence-corrected chi connectivity index (χ3v) is 6.70. The summed E-state index contributed by atoms with van der Waals surface area (Å²) in [7, 11) is 0. The number of hydrogen-bond donors (Lipinski definition) is 1. The molecular formula is C29H30N4O2. The second-order valence-electron chi connectivity index (χ2n) is 9.29. The van der Waals surface area contributed by atoms with E-state index in [2.05, 4.69) is 36.5 Å². The maximum absolute atomic E-state index is 13.7. The van der Waals surface area contributed by atoms with E-state index < -0.39 is 0 Å². The van der Waals surface area contributed by atoms with Gasteiger partial charge in [0.25, 0.3) is 5.56 Å². The van der Waals surface area contributed by atoms with Crippen molar-refractivity contribution in [3.63, 3.8) is 0 Å². The van der Waals surface area contributed by atoms with Crippen molar-refractivity contribution in [1.82, 2.24) is 14.9 Å². The van der Waals surface area contributed by atoms with Crippen LogP contribution in [0.5, 0.6) is 0 Å². The highest BCUT2D eigenvalue weighted by Gasteiger charge is 2.28. The van der Waals surface area contributed by atoms with Crippen molar-refractivity contribution < 1.29 is 4.79 Å². The van der Waals surface area contributed by atoms with E-state index in [4.69, 9.17) is 4.98 Å². The van der Waals surface area contributed by atoms with Crippen LogP contribution < -0.4 is 15.8 Å². The first-order valence-electron chi connectivity index (χ1n) is 12.2. The lowest BCUT2D eigenvalue weighted by Gasteiger charge is -2.32. The first kappa shape index (κ1) is 22.8. The third kappa shape index (κ3) is 5.11. The highest BCUT2D eigenvalue weighted by molar-refractivity contribution is 5.80. The molecule has 1 saturated heterocycles. The lowest BCUT2D eigenvalue weighted by atomic mass is 9.97.